The number of carboxylic acids is 1. The van der Waals surface area contributed by atoms with Crippen LogP contribution in [0, 0.1) is 0 Å². The smallest absolute Gasteiger partial charge is 0.424 e. The Kier molecular flexibility index (Phi) is 3.97. The number of likely N-dealkylation sites (tertiary alicyclic amines) is 1. The van der Waals surface area contributed by atoms with E-state index in [0.29, 0.717) is 6.42 Å². The number of carbonyl (C=O) groups is 4. The van der Waals surface area contributed by atoms with Crippen LogP contribution in [0.25, 0.3) is 0 Å². The normalized spacial score (nSPS) is 14.6. The molecule has 2 amide bonds. The molecule has 0 aromatic carbocycles. The highest BCUT2D eigenvalue weighted by Gasteiger charge is 2.29. The van der Waals surface area contributed by atoms with Gasteiger partial charge in [0.25, 0.3) is 0 Å². The van der Waals surface area contributed by atoms with Crippen LogP contribution in [-0.2, 0) is 19.1 Å². The van der Waals surface area contributed by atoms with E-state index in [1.54, 1.807) is 0 Å². The maximum Gasteiger partial charge on any atom is 0.424 e. The second-order valence-electron chi connectivity index (χ2n) is 3.47. The van der Waals surface area contributed by atoms with Gasteiger partial charge in [-0.25, -0.2) is 14.5 Å². The summed E-state index contributed by atoms with van der Waals surface area (Å²) in [6.07, 6.45) is -0.881. The first-order chi connectivity index (χ1) is 7.91. The third-order valence-electron chi connectivity index (χ3n) is 2.16. The zero-order valence-corrected chi connectivity index (χ0v) is 8.97. The highest BCUT2D eigenvalue weighted by Crippen LogP contribution is 2.11. The molecular formula is C10H11NO6. The van der Waals surface area contributed by atoms with Gasteiger partial charge >= 0.3 is 18.0 Å². The Labute approximate surface area is 96.6 Å². The number of esters is 1. The third kappa shape index (κ3) is 3.40. The van der Waals surface area contributed by atoms with E-state index in [0.717, 1.165) is 4.90 Å². The molecule has 92 valence electrons. The number of hydrogen-bond acceptors (Lipinski definition) is 5. The minimum Gasteiger partial charge on any atom is -0.478 e. The van der Waals surface area contributed by atoms with Crippen LogP contribution >= 0.6 is 0 Å². The Bertz CT molecular complexity index is 400. The third-order valence-corrected chi connectivity index (χ3v) is 2.16. The van der Waals surface area contributed by atoms with Crippen molar-refractivity contribution in [1.29, 1.82) is 0 Å². The molecule has 1 heterocycles. The molecule has 0 saturated carbocycles. The lowest BCUT2D eigenvalue weighted by molar-refractivity contribution is -0.141. The van der Waals surface area contributed by atoms with E-state index >= 15 is 0 Å². The van der Waals surface area contributed by atoms with Gasteiger partial charge in [-0.3, -0.25) is 9.59 Å². The molecule has 0 radical (unpaired) electrons. The van der Waals surface area contributed by atoms with E-state index in [-0.39, 0.29) is 18.5 Å². The molecule has 1 fully saturated rings. The quantitative estimate of drug-likeness (QED) is 0.433. The van der Waals surface area contributed by atoms with Crippen molar-refractivity contribution in [2.24, 2.45) is 0 Å². The van der Waals surface area contributed by atoms with Gasteiger partial charge in [-0.2, -0.15) is 0 Å². The summed E-state index contributed by atoms with van der Waals surface area (Å²) in [4.78, 5) is 44.8. The van der Waals surface area contributed by atoms with Crippen molar-refractivity contribution in [3.8, 4) is 0 Å². The Balaban J connectivity index is 2.46. The van der Waals surface area contributed by atoms with Crippen LogP contribution in [0.3, 0.4) is 0 Å². The van der Waals surface area contributed by atoms with Gasteiger partial charge in [-0.05, 0) is 6.42 Å². The lowest BCUT2D eigenvalue weighted by atomic mass is 10.2. The van der Waals surface area contributed by atoms with Crippen LogP contribution in [-0.4, -0.2) is 40.5 Å². The summed E-state index contributed by atoms with van der Waals surface area (Å²) in [7, 11) is 0. The number of nitrogens with zero attached hydrogens (tertiary/aromatic N) is 1. The van der Waals surface area contributed by atoms with Gasteiger partial charge in [0.2, 0.25) is 5.91 Å². The second-order valence-corrected chi connectivity index (χ2v) is 3.47. The molecule has 0 aromatic rings. The van der Waals surface area contributed by atoms with Gasteiger partial charge in [-0.15, -0.1) is 0 Å². The van der Waals surface area contributed by atoms with E-state index in [1.807, 2.05) is 0 Å². The second kappa shape index (κ2) is 5.24. The Morgan fingerprint density at radius 2 is 2.06 bits per heavy atom. The molecule has 7 nitrogen and oxygen atoms in total. The van der Waals surface area contributed by atoms with Crippen molar-refractivity contribution < 1.29 is 29.0 Å². The number of aliphatic carboxylic acids is 1. The fourth-order valence-corrected chi connectivity index (χ4v) is 1.28. The number of imide groups is 1. The van der Waals surface area contributed by atoms with Gasteiger partial charge in [0.05, 0.1) is 6.42 Å². The first-order valence-corrected chi connectivity index (χ1v) is 4.88. The van der Waals surface area contributed by atoms with Crippen LogP contribution in [0.4, 0.5) is 4.79 Å². The van der Waals surface area contributed by atoms with Gasteiger partial charge in [0.1, 0.15) is 0 Å². The molecule has 1 N–H and O–H groups in total. The van der Waals surface area contributed by atoms with Gasteiger partial charge < -0.3 is 9.84 Å². The summed E-state index contributed by atoms with van der Waals surface area (Å²) >= 11 is 0. The highest BCUT2D eigenvalue weighted by molar-refractivity contribution is 5.99. The zero-order valence-electron chi connectivity index (χ0n) is 8.97. The van der Waals surface area contributed by atoms with Crippen LogP contribution in [0.5, 0.6) is 0 Å². The average molecular weight is 241 g/mol. The summed E-state index contributed by atoms with van der Waals surface area (Å²) in [5.41, 5.74) is -0.379. The SMILES string of the molecule is C=C(CC(=O)OC(=O)N1CCCC1=O)C(=O)O. The monoisotopic (exact) mass is 241 g/mol. The Hall–Kier alpha value is -2.18. The molecule has 1 aliphatic heterocycles. The van der Waals surface area contributed by atoms with Gasteiger partial charge in [-0.1, -0.05) is 6.58 Å². The molecule has 7 heteroatoms. The molecule has 1 saturated heterocycles. The predicted octanol–water partition coefficient (Wildman–Crippen LogP) is 0.303. The molecule has 0 unspecified atom stereocenters. The fraction of sp³-hybridized carbons (Fsp3) is 0.400. The molecule has 0 aromatic heterocycles. The minimum absolute atomic E-state index is 0.213. The first-order valence-electron chi connectivity index (χ1n) is 4.88. The molecule has 1 aliphatic rings. The molecule has 17 heavy (non-hydrogen) atoms. The van der Waals surface area contributed by atoms with Crippen molar-refractivity contribution in [2.45, 2.75) is 19.3 Å². The van der Waals surface area contributed by atoms with Crippen molar-refractivity contribution in [3.05, 3.63) is 12.2 Å². The summed E-state index contributed by atoms with van der Waals surface area (Å²) in [5.74, 6) is -2.78. The van der Waals surface area contributed by atoms with Crippen LogP contribution in [0.15, 0.2) is 12.2 Å². The summed E-state index contributed by atoms with van der Waals surface area (Å²) < 4.78 is 4.33. The minimum atomic E-state index is -1.34. The standard InChI is InChI=1S/C10H11NO6/c1-6(9(14)15)5-8(13)17-10(16)11-4-2-3-7(11)12/h1-5H2,(H,14,15). The molecule has 1 rings (SSSR count). The first kappa shape index (κ1) is 12.9. The highest BCUT2D eigenvalue weighted by atomic mass is 16.6. The number of carboxylic acid groups (broad SMARTS) is 1. The van der Waals surface area contributed by atoms with Gasteiger partial charge in [0, 0.05) is 18.5 Å². The maximum atomic E-state index is 11.3. The lowest BCUT2D eigenvalue weighted by Gasteiger charge is -2.12. The maximum absolute atomic E-state index is 11.3. The number of amides is 2. The topological polar surface area (TPSA) is 101 Å². The largest absolute Gasteiger partial charge is 0.478 e. The zero-order chi connectivity index (χ0) is 13.0. The van der Waals surface area contributed by atoms with E-state index in [1.165, 1.54) is 0 Å². The number of carbonyl (C=O) groups excluding carboxylic acids is 3. The summed E-state index contributed by atoms with van der Waals surface area (Å²) in [5, 5.41) is 8.46. The predicted molar refractivity (Wildman–Crippen MR) is 53.8 cm³/mol. The fourth-order valence-electron chi connectivity index (χ4n) is 1.28. The van der Waals surface area contributed by atoms with Crippen molar-refractivity contribution in [1.82, 2.24) is 4.90 Å². The number of ether oxygens (including phenoxy) is 1. The number of rotatable bonds is 3. The molecular weight excluding hydrogens is 230 g/mol. The van der Waals surface area contributed by atoms with Crippen LogP contribution in [0.2, 0.25) is 0 Å². The van der Waals surface area contributed by atoms with Crippen molar-refractivity contribution in [3.63, 3.8) is 0 Å². The average Bonchev–Trinajstić information content (AvgIpc) is 2.63. The van der Waals surface area contributed by atoms with Crippen LogP contribution < -0.4 is 0 Å². The lowest BCUT2D eigenvalue weighted by Crippen LogP contribution is -2.34. The summed E-state index contributed by atoms with van der Waals surface area (Å²) in [6.45, 7) is 3.33. The molecule has 0 atom stereocenters. The molecule has 0 bridgehead atoms. The van der Waals surface area contributed by atoms with Crippen LogP contribution in [0.1, 0.15) is 19.3 Å². The van der Waals surface area contributed by atoms with E-state index in [4.69, 9.17) is 5.11 Å². The van der Waals surface area contributed by atoms with E-state index in [9.17, 15) is 19.2 Å². The summed E-state index contributed by atoms with van der Waals surface area (Å²) in [6, 6.07) is 0. The van der Waals surface area contributed by atoms with Crippen molar-refractivity contribution >= 4 is 23.9 Å². The number of hydrogen-bond donors (Lipinski definition) is 1. The molecule has 0 aliphatic carbocycles. The molecule has 0 spiro atoms. The van der Waals surface area contributed by atoms with Gasteiger partial charge in [0.15, 0.2) is 0 Å². The van der Waals surface area contributed by atoms with Crippen molar-refractivity contribution in [2.75, 3.05) is 6.54 Å². The Morgan fingerprint density at radius 1 is 1.41 bits per heavy atom. The van der Waals surface area contributed by atoms with E-state index in [2.05, 4.69) is 11.3 Å². The Morgan fingerprint density at radius 3 is 2.53 bits per heavy atom. The van der Waals surface area contributed by atoms with E-state index < -0.39 is 30.4 Å².